The minimum atomic E-state index is -0.551. The van der Waals surface area contributed by atoms with Crippen LogP contribution in [0.5, 0.6) is 0 Å². The minimum absolute atomic E-state index is 0.430. The summed E-state index contributed by atoms with van der Waals surface area (Å²) in [6, 6.07) is 14.7. The van der Waals surface area contributed by atoms with E-state index in [4.69, 9.17) is 0 Å². The maximum absolute atomic E-state index is 12.3. The summed E-state index contributed by atoms with van der Waals surface area (Å²) in [5.74, 6) is 0. The molecule has 3 aromatic rings. The Morgan fingerprint density at radius 1 is 1.09 bits per heavy atom. The van der Waals surface area contributed by atoms with Crippen LogP contribution in [0.3, 0.4) is 0 Å². The molecule has 1 heterocycles. The van der Waals surface area contributed by atoms with Crippen molar-refractivity contribution < 1.29 is 0 Å². The van der Waals surface area contributed by atoms with Crippen LogP contribution in [0.1, 0.15) is 18.1 Å². The third kappa shape index (κ3) is 2.61. The number of benzene rings is 2. The van der Waals surface area contributed by atoms with Gasteiger partial charge in [0.25, 0.3) is 5.56 Å². The number of rotatable bonds is 3. The van der Waals surface area contributed by atoms with Crippen LogP contribution in [0.15, 0.2) is 63.2 Å². The monoisotopic (exact) mass is 293 g/mol. The number of hydrogen-bond acceptors (Lipinski definition) is 3. The van der Waals surface area contributed by atoms with E-state index in [2.05, 4.69) is 17.0 Å². The zero-order valence-electron chi connectivity index (χ0n) is 12.1. The number of nitrogens with one attached hydrogen (secondary N) is 1. The van der Waals surface area contributed by atoms with E-state index in [9.17, 15) is 9.59 Å². The van der Waals surface area contributed by atoms with Gasteiger partial charge in [0.05, 0.1) is 17.1 Å². The number of H-pyrrole nitrogens is 1. The molecule has 0 aliphatic heterocycles. The molecule has 0 radical (unpaired) electrons. The number of aromatic nitrogens is 2. The minimum Gasteiger partial charge on any atom is -0.305 e. The van der Waals surface area contributed by atoms with Crippen molar-refractivity contribution in [3.63, 3.8) is 0 Å². The second kappa shape index (κ2) is 5.81. The van der Waals surface area contributed by atoms with Crippen molar-refractivity contribution in [2.75, 3.05) is 0 Å². The number of hydrogen-bond donors (Lipinski definition) is 1. The Bertz CT molecular complexity index is 950. The molecule has 0 aliphatic rings. The average Bonchev–Trinajstić information content (AvgIpc) is 2.55. The van der Waals surface area contributed by atoms with Crippen LogP contribution in [-0.4, -0.2) is 15.9 Å². The van der Waals surface area contributed by atoms with Crippen LogP contribution in [0, 0.1) is 0 Å². The Morgan fingerprint density at radius 3 is 2.55 bits per heavy atom. The van der Waals surface area contributed by atoms with Gasteiger partial charge in [0, 0.05) is 0 Å². The number of aromatic amines is 1. The third-order valence-corrected chi connectivity index (χ3v) is 3.49. The summed E-state index contributed by atoms with van der Waals surface area (Å²) >= 11 is 0. The normalized spacial score (nSPS) is 11.3. The molecule has 0 atom stereocenters. The van der Waals surface area contributed by atoms with Crippen LogP contribution >= 0.6 is 0 Å². The Kier molecular flexibility index (Phi) is 3.70. The van der Waals surface area contributed by atoms with Crippen molar-refractivity contribution >= 4 is 17.1 Å². The molecule has 0 fully saturated rings. The van der Waals surface area contributed by atoms with Crippen LogP contribution < -0.4 is 11.2 Å². The first-order chi connectivity index (χ1) is 10.7. The van der Waals surface area contributed by atoms with E-state index in [-0.39, 0.29) is 0 Å². The Morgan fingerprint density at radius 2 is 1.82 bits per heavy atom. The van der Waals surface area contributed by atoms with Gasteiger partial charge in [-0.05, 0) is 29.7 Å². The maximum Gasteiger partial charge on any atom is 0.349 e. The van der Waals surface area contributed by atoms with Gasteiger partial charge < -0.3 is 4.98 Å². The van der Waals surface area contributed by atoms with Gasteiger partial charge in [0.1, 0.15) is 0 Å². The molecule has 1 N–H and O–H groups in total. The van der Waals surface area contributed by atoms with Crippen LogP contribution in [0.4, 0.5) is 0 Å². The van der Waals surface area contributed by atoms with E-state index in [1.54, 1.807) is 24.3 Å². The molecule has 0 saturated heterocycles. The lowest BCUT2D eigenvalue weighted by atomic mass is 10.1. The first-order valence-electron chi connectivity index (χ1n) is 7.06. The molecule has 2 aromatic carbocycles. The first-order valence-corrected chi connectivity index (χ1v) is 7.06. The molecule has 0 spiro atoms. The highest BCUT2D eigenvalue weighted by Gasteiger charge is 2.05. The van der Waals surface area contributed by atoms with Gasteiger partial charge in [-0.2, -0.15) is 5.10 Å². The van der Waals surface area contributed by atoms with E-state index < -0.39 is 11.2 Å². The Hall–Kier alpha value is -2.95. The van der Waals surface area contributed by atoms with Gasteiger partial charge >= 0.3 is 5.69 Å². The van der Waals surface area contributed by atoms with Crippen molar-refractivity contribution in [1.82, 2.24) is 9.66 Å². The molecule has 1 aromatic heterocycles. The van der Waals surface area contributed by atoms with Gasteiger partial charge in [-0.3, -0.25) is 4.79 Å². The summed E-state index contributed by atoms with van der Waals surface area (Å²) < 4.78 is 0.843. The lowest BCUT2D eigenvalue weighted by molar-refractivity contribution is 0.771. The summed E-state index contributed by atoms with van der Waals surface area (Å²) in [7, 11) is 0. The molecular formula is C17H15N3O2. The molecular weight excluding hydrogens is 278 g/mol. The molecule has 5 heteroatoms. The zero-order valence-corrected chi connectivity index (χ0v) is 12.1. The van der Waals surface area contributed by atoms with Crippen molar-refractivity contribution in [1.29, 1.82) is 0 Å². The Labute approximate surface area is 126 Å². The van der Waals surface area contributed by atoms with E-state index in [0.29, 0.717) is 10.9 Å². The molecule has 0 bridgehead atoms. The molecule has 22 heavy (non-hydrogen) atoms. The Balaban J connectivity index is 2.04. The average molecular weight is 293 g/mol. The largest absolute Gasteiger partial charge is 0.349 e. The van der Waals surface area contributed by atoms with Gasteiger partial charge in [0.2, 0.25) is 0 Å². The van der Waals surface area contributed by atoms with Crippen LogP contribution in [0.2, 0.25) is 0 Å². The lowest BCUT2D eigenvalue weighted by Crippen LogP contribution is -2.32. The highest BCUT2D eigenvalue weighted by atomic mass is 16.2. The molecule has 0 amide bonds. The smallest absolute Gasteiger partial charge is 0.305 e. The lowest BCUT2D eigenvalue weighted by Gasteiger charge is -2.01. The summed E-state index contributed by atoms with van der Waals surface area (Å²) in [5.41, 5.74) is 1.58. The van der Waals surface area contributed by atoms with Crippen molar-refractivity contribution in [3.8, 4) is 0 Å². The highest BCUT2D eigenvalue weighted by molar-refractivity contribution is 5.80. The van der Waals surface area contributed by atoms with E-state index in [1.165, 1.54) is 11.8 Å². The predicted octanol–water partition coefficient (Wildman–Crippen LogP) is 2.13. The molecule has 110 valence electrons. The molecule has 0 saturated carbocycles. The second-order valence-electron chi connectivity index (χ2n) is 4.93. The quantitative estimate of drug-likeness (QED) is 0.752. The highest BCUT2D eigenvalue weighted by Crippen LogP contribution is 2.04. The number of para-hydroxylation sites is 1. The molecule has 0 aliphatic carbocycles. The third-order valence-electron chi connectivity index (χ3n) is 3.49. The number of aryl methyl sites for hydroxylation is 1. The number of nitrogens with zero attached hydrogens (tertiary/aromatic N) is 2. The topological polar surface area (TPSA) is 67.2 Å². The summed E-state index contributed by atoms with van der Waals surface area (Å²) in [5, 5.41) is 4.45. The fourth-order valence-electron chi connectivity index (χ4n) is 2.22. The van der Waals surface area contributed by atoms with Gasteiger partial charge in [-0.25, -0.2) is 4.79 Å². The van der Waals surface area contributed by atoms with Crippen molar-refractivity contribution in [2.45, 2.75) is 13.3 Å². The second-order valence-corrected chi connectivity index (χ2v) is 4.93. The predicted molar refractivity (Wildman–Crippen MR) is 87.6 cm³/mol. The zero-order chi connectivity index (χ0) is 15.5. The van der Waals surface area contributed by atoms with Crippen molar-refractivity contribution in [3.05, 3.63) is 80.5 Å². The first kappa shape index (κ1) is 14.0. The van der Waals surface area contributed by atoms with Crippen LogP contribution in [-0.2, 0) is 6.42 Å². The fraction of sp³-hybridized carbons (Fsp3) is 0.118. The molecule has 5 nitrogen and oxygen atoms in total. The number of fused-ring (bicyclic) bond motifs is 1. The molecule has 0 unspecified atom stereocenters. The summed E-state index contributed by atoms with van der Waals surface area (Å²) in [4.78, 5) is 26.9. The van der Waals surface area contributed by atoms with Gasteiger partial charge in [-0.15, -0.1) is 4.68 Å². The van der Waals surface area contributed by atoms with E-state index in [1.807, 2.05) is 24.3 Å². The summed E-state index contributed by atoms with van der Waals surface area (Å²) in [6.45, 7) is 2.08. The standard InChI is InChI=1S/C17H15N3O2/c1-2-12-7-9-13(10-8-12)11-18-20-16(21)14-5-3-4-6-15(14)19-17(20)22/h3-11H,2H2,1H3,(H,19,22). The van der Waals surface area contributed by atoms with Crippen LogP contribution in [0.25, 0.3) is 10.9 Å². The fourth-order valence-corrected chi connectivity index (χ4v) is 2.22. The maximum atomic E-state index is 12.3. The molecule has 3 rings (SSSR count). The van der Waals surface area contributed by atoms with E-state index >= 15 is 0 Å². The summed E-state index contributed by atoms with van der Waals surface area (Å²) in [6.07, 6.45) is 2.46. The van der Waals surface area contributed by atoms with Gasteiger partial charge in [-0.1, -0.05) is 43.3 Å². The van der Waals surface area contributed by atoms with Gasteiger partial charge in [0.15, 0.2) is 0 Å². The SMILES string of the molecule is CCc1ccc(C=Nn2c(=O)[nH]c3ccccc3c2=O)cc1. The van der Waals surface area contributed by atoms with E-state index in [0.717, 1.165) is 16.7 Å². The van der Waals surface area contributed by atoms with Crippen molar-refractivity contribution in [2.24, 2.45) is 5.10 Å².